The van der Waals surface area contributed by atoms with Crippen LogP contribution in [0.4, 0.5) is 0 Å². The summed E-state index contributed by atoms with van der Waals surface area (Å²) in [5.41, 5.74) is -0.243. The van der Waals surface area contributed by atoms with Crippen LogP contribution in [0.25, 0.3) is 0 Å². The van der Waals surface area contributed by atoms with Gasteiger partial charge in [-0.1, -0.05) is 6.58 Å². The van der Waals surface area contributed by atoms with Crippen molar-refractivity contribution >= 4 is 0 Å². The van der Waals surface area contributed by atoms with Crippen molar-refractivity contribution in [3.8, 4) is 0 Å². The second-order valence-corrected chi connectivity index (χ2v) is 3.99. The fourth-order valence-electron chi connectivity index (χ4n) is 2.06. The Hall–Kier alpha value is -0.540. The molecule has 0 bridgehead atoms. The lowest BCUT2D eigenvalue weighted by Crippen LogP contribution is -2.47. The van der Waals surface area contributed by atoms with Crippen LogP contribution in [-0.4, -0.2) is 31.0 Å². The van der Waals surface area contributed by atoms with E-state index in [4.69, 9.17) is 14.2 Å². The maximum atomic E-state index is 5.67. The largest absolute Gasteiger partial charge is 0.493 e. The first-order valence-electron chi connectivity index (χ1n) is 4.75. The highest BCUT2D eigenvalue weighted by Crippen LogP contribution is 2.33. The van der Waals surface area contributed by atoms with Gasteiger partial charge in [-0.05, 0) is 13.3 Å². The van der Waals surface area contributed by atoms with Gasteiger partial charge in [-0.3, -0.25) is 0 Å². The van der Waals surface area contributed by atoms with Gasteiger partial charge in [-0.15, -0.1) is 0 Å². The van der Waals surface area contributed by atoms with Gasteiger partial charge in [0.2, 0.25) is 0 Å². The molecule has 0 N–H and O–H groups in total. The molecule has 0 aromatic heterocycles. The Bertz CT molecular complexity index is 204. The lowest BCUT2D eigenvalue weighted by Gasteiger charge is -2.38. The summed E-state index contributed by atoms with van der Waals surface area (Å²) in [7, 11) is 0. The number of hydrogen-bond acceptors (Lipinski definition) is 3. The van der Waals surface area contributed by atoms with Crippen LogP contribution in [0.2, 0.25) is 0 Å². The van der Waals surface area contributed by atoms with Crippen LogP contribution in [0.1, 0.15) is 19.8 Å². The average Bonchev–Trinajstić information content (AvgIpc) is 2.50. The van der Waals surface area contributed by atoms with E-state index in [-0.39, 0.29) is 11.7 Å². The van der Waals surface area contributed by atoms with Gasteiger partial charge in [-0.2, -0.15) is 0 Å². The van der Waals surface area contributed by atoms with Crippen molar-refractivity contribution < 1.29 is 14.2 Å². The molecule has 0 saturated carbocycles. The molecule has 3 nitrogen and oxygen atoms in total. The van der Waals surface area contributed by atoms with Crippen molar-refractivity contribution in [2.24, 2.45) is 0 Å². The molecule has 3 unspecified atom stereocenters. The molecule has 2 rings (SSSR count). The van der Waals surface area contributed by atoms with Gasteiger partial charge < -0.3 is 14.2 Å². The van der Waals surface area contributed by atoms with Crippen LogP contribution in [0, 0.1) is 0 Å². The molecule has 2 aliphatic heterocycles. The third-order valence-corrected chi connectivity index (χ3v) is 2.75. The Kier molecular flexibility index (Phi) is 2.30. The third kappa shape index (κ3) is 1.71. The van der Waals surface area contributed by atoms with Gasteiger partial charge in [0.25, 0.3) is 0 Å². The minimum atomic E-state index is -0.243. The first-order valence-corrected chi connectivity index (χ1v) is 4.75. The van der Waals surface area contributed by atoms with Crippen LogP contribution in [-0.2, 0) is 14.2 Å². The van der Waals surface area contributed by atoms with Crippen molar-refractivity contribution in [3.05, 3.63) is 12.8 Å². The lowest BCUT2D eigenvalue weighted by atomic mass is 9.93. The molecule has 0 radical (unpaired) electrons. The molecule has 0 aliphatic carbocycles. The molecule has 2 saturated heterocycles. The summed E-state index contributed by atoms with van der Waals surface area (Å²) in [6, 6.07) is 0. The average molecular weight is 184 g/mol. The van der Waals surface area contributed by atoms with Crippen molar-refractivity contribution in [2.75, 3.05) is 13.2 Å². The molecule has 13 heavy (non-hydrogen) atoms. The summed E-state index contributed by atoms with van der Waals surface area (Å²) in [5.74, 6) is 0. The molecule has 0 aromatic carbocycles. The SMILES string of the molecule is C=COC1(C)COC2CCOC2C1. The van der Waals surface area contributed by atoms with E-state index < -0.39 is 0 Å². The molecular formula is C10H16O3. The van der Waals surface area contributed by atoms with E-state index >= 15 is 0 Å². The van der Waals surface area contributed by atoms with Crippen LogP contribution >= 0.6 is 0 Å². The fourth-order valence-corrected chi connectivity index (χ4v) is 2.06. The van der Waals surface area contributed by atoms with E-state index in [1.54, 1.807) is 0 Å². The van der Waals surface area contributed by atoms with Crippen molar-refractivity contribution in [1.82, 2.24) is 0 Å². The molecule has 2 heterocycles. The summed E-state index contributed by atoms with van der Waals surface area (Å²) in [5, 5.41) is 0. The molecular weight excluding hydrogens is 168 g/mol. The first kappa shape index (κ1) is 9.03. The Morgan fingerprint density at radius 3 is 3.08 bits per heavy atom. The van der Waals surface area contributed by atoms with E-state index in [1.807, 2.05) is 6.92 Å². The Labute approximate surface area is 78.7 Å². The molecule has 0 spiro atoms. The topological polar surface area (TPSA) is 27.7 Å². The van der Waals surface area contributed by atoms with Gasteiger partial charge in [0, 0.05) is 13.0 Å². The number of ether oxygens (including phenoxy) is 3. The van der Waals surface area contributed by atoms with E-state index in [2.05, 4.69) is 6.58 Å². The summed E-state index contributed by atoms with van der Waals surface area (Å²) in [6.45, 7) is 7.06. The number of rotatable bonds is 2. The summed E-state index contributed by atoms with van der Waals surface area (Å²) in [6.07, 6.45) is 3.93. The lowest BCUT2D eigenvalue weighted by molar-refractivity contribution is -0.150. The predicted octanol–water partition coefficient (Wildman–Crippen LogP) is 1.48. The maximum Gasteiger partial charge on any atom is 0.131 e. The highest BCUT2D eigenvalue weighted by Gasteiger charge is 2.42. The minimum absolute atomic E-state index is 0.221. The monoisotopic (exact) mass is 184 g/mol. The summed E-state index contributed by atoms with van der Waals surface area (Å²) >= 11 is 0. The number of hydrogen-bond donors (Lipinski definition) is 0. The van der Waals surface area contributed by atoms with Gasteiger partial charge >= 0.3 is 0 Å². The normalized spacial score (nSPS) is 44.1. The van der Waals surface area contributed by atoms with Gasteiger partial charge in [0.1, 0.15) is 5.60 Å². The molecule has 3 atom stereocenters. The first-order chi connectivity index (χ1) is 6.23. The van der Waals surface area contributed by atoms with Gasteiger partial charge in [0.15, 0.2) is 0 Å². The van der Waals surface area contributed by atoms with Crippen molar-refractivity contribution in [2.45, 2.75) is 37.6 Å². The van der Waals surface area contributed by atoms with E-state index in [0.29, 0.717) is 12.7 Å². The highest BCUT2D eigenvalue weighted by molar-refractivity contribution is 4.92. The maximum absolute atomic E-state index is 5.67. The van der Waals surface area contributed by atoms with Gasteiger partial charge in [0.05, 0.1) is 25.1 Å². The highest BCUT2D eigenvalue weighted by atomic mass is 16.6. The van der Waals surface area contributed by atoms with E-state index in [0.717, 1.165) is 19.4 Å². The fraction of sp³-hybridized carbons (Fsp3) is 0.800. The standard InChI is InChI=1S/C10H16O3/c1-3-13-10(2)6-9-8(12-7-10)4-5-11-9/h3,8-9H,1,4-7H2,2H3. The van der Waals surface area contributed by atoms with Gasteiger partial charge in [-0.25, -0.2) is 0 Å². The van der Waals surface area contributed by atoms with E-state index in [9.17, 15) is 0 Å². The summed E-state index contributed by atoms with van der Waals surface area (Å²) in [4.78, 5) is 0. The second-order valence-electron chi connectivity index (χ2n) is 3.99. The van der Waals surface area contributed by atoms with Crippen LogP contribution < -0.4 is 0 Å². The smallest absolute Gasteiger partial charge is 0.131 e. The Morgan fingerprint density at radius 2 is 2.31 bits per heavy atom. The quantitative estimate of drug-likeness (QED) is 0.608. The van der Waals surface area contributed by atoms with Crippen molar-refractivity contribution in [3.63, 3.8) is 0 Å². The third-order valence-electron chi connectivity index (χ3n) is 2.75. The van der Waals surface area contributed by atoms with Crippen LogP contribution in [0.3, 0.4) is 0 Å². The van der Waals surface area contributed by atoms with Crippen LogP contribution in [0.5, 0.6) is 0 Å². The van der Waals surface area contributed by atoms with E-state index in [1.165, 1.54) is 6.26 Å². The number of fused-ring (bicyclic) bond motifs is 1. The van der Waals surface area contributed by atoms with Crippen molar-refractivity contribution in [1.29, 1.82) is 0 Å². The Balaban J connectivity index is 1.99. The molecule has 3 heteroatoms. The minimum Gasteiger partial charge on any atom is -0.493 e. The molecule has 0 aromatic rings. The molecule has 74 valence electrons. The molecule has 0 amide bonds. The summed E-state index contributed by atoms with van der Waals surface area (Å²) < 4.78 is 16.7. The van der Waals surface area contributed by atoms with Crippen LogP contribution in [0.15, 0.2) is 12.8 Å². The molecule has 2 aliphatic rings. The molecule has 2 fully saturated rings. The predicted molar refractivity (Wildman–Crippen MR) is 48.4 cm³/mol. The second kappa shape index (κ2) is 3.31. The Morgan fingerprint density at radius 1 is 1.46 bits per heavy atom. The zero-order valence-corrected chi connectivity index (χ0v) is 7.99. The zero-order chi connectivity index (χ0) is 9.31. The zero-order valence-electron chi connectivity index (χ0n) is 7.99.